The summed E-state index contributed by atoms with van der Waals surface area (Å²) in [5.41, 5.74) is 0. The SMILES string of the molecule is CCCCC(C(=O)OC)S(=O)(=O)c1ccc(F)cc1. The van der Waals surface area contributed by atoms with Gasteiger partial charge in [0.15, 0.2) is 15.1 Å². The van der Waals surface area contributed by atoms with Crippen LogP contribution in [0.1, 0.15) is 26.2 Å². The highest BCUT2D eigenvalue weighted by atomic mass is 32.2. The van der Waals surface area contributed by atoms with E-state index in [9.17, 15) is 17.6 Å². The van der Waals surface area contributed by atoms with E-state index in [1.54, 1.807) is 0 Å². The molecule has 19 heavy (non-hydrogen) atoms. The molecule has 4 nitrogen and oxygen atoms in total. The number of hydrogen-bond donors (Lipinski definition) is 0. The van der Waals surface area contributed by atoms with Crippen molar-refractivity contribution in [3.8, 4) is 0 Å². The summed E-state index contributed by atoms with van der Waals surface area (Å²) in [4.78, 5) is 11.6. The molecule has 6 heteroatoms. The molecule has 0 saturated carbocycles. The smallest absolute Gasteiger partial charge is 0.324 e. The van der Waals surface area contributed by atoms with Gasteiger partial charge in [0.25, 0.3) is 0 Å². The number of unbranched alkanes of at least 4 members (excludes halogenated alkanes) is 1. The molecule has 0 saturated heterocycles. The zero-order chi connectivity index (χ0) is 14.5. The Balaban J connectivity index is 3.11. The maximum absolute atomic E-state index is 12.8. The number of halogens is 1. The van der Waals surface area contributed by atoms with Crippen LogP contribution in [0.3, 0.4) is 0 Å². The second-order valence-electron chi connectivity index (χ2n) is 4.15. The van der Waals surface area contributed by atoms with Crippen molar-refractivity contribution in [2.75, 3.05) is 7.11 Å². The molecule has 0 radical (unpaired) electrons. The first-order valence-corrected chi connectivity index (χ1v) is 7.55. The molecule has 0 N–H and O–H groups in total. The first-order chi connectivity index (χ1) is 8.93. The summed E-state index contributed by atoms with van der Waals surface area (Å²) < 4.78 is 42.0. The van der Waals surface area contributed by atoms with Crippen molar-refractivity contribution in [3.63, 3.8) is 0 Å². The van der Waals surface area contributed by atoms with E-state index in [0.29, 0.717) is 6.42 Å². The summed E-state index contributed by atoms with van der Waals surface area (Å²) in [5.74, 6) is -1.31. The van der Waals surface area contributed by atoms with Gasteiger partial charge in [0.1, 0.15) is 5.82 Å². The fourth-order valence-electron chi connectivity index (χ4n) is 1.71. The monoisotopic (exact) mass is 288 g/mol. The van der Waals surface area contributed by atoms with Crippen molar-refractivity contribution in [3.05, 3.63) is 30.1 Å². The van der Waals surface area contributed by atoms with Gasteiger partial charge in [0.05, 0.1) is 12.0 Å². The Hall–Kier alpha value is -1.43. The molecule has 0 amide bonds. The third kappa shape index (κ3) is 3.76. The normalized spacial score (nSPS) is 13.0. The van der Waals surface area contributed by atoms with Crippen LogP contribution in [0.2, 0.25) is 0 Å². The van der Waals surface area contributed by atoms with E-state index in [-0.39, 0.29) is 11.3 Å². The van der Waals surface area contributed by atoms with Crippen LogP contribution >= 0.6 is 0 Å². The lowest BCUT2D eigenvalue weighted by atomic mass is 10.2. The molecule has 1 aromatic rings. The standard InChI is InChI=1S/C13H17FO4S/c1-3-4-5-12(13(15)18-2)19(16,17)11-8-6-10(14)7-9-11/h6-9,12H,3-5H2,1-2H3. The van der Waals surface area contributed by atoms with Gasteiger partial charge in [-0.3, -0.25) is 4.79 Å². The highest BCUT2D eigenvalue weighted by Gasteiger charge is 2.34. The molecule has 1 rings (SSSR count). The van der Waals surface area contributed by atoms with Gasteiger partial charge in [-0.25, -0.2) is 12.8 Å². The third-order valence-electron chi connectivity index (χ3n) is 2.80. The lowest BCUT2D eigenvalue weighted by Crippen LogP contribution is -2.31. The van der Waals surface area contributed by atoms with E-state index in [2.05, 4.69) is 4.74 Å². The van der Waals surface area contributed by atoms with Crippen molar-refractivity contribution in [2.45, 2.75) is 36.3 Å². The summed E-state index contributed by atoms with van der Waals surface area (Å²) in [5, 5.41) is -1.23. The summed E-state index contributed by atoms with van der Waals surface area (Å²) in [6, 6.07) is 4.43. The van der Waals surface area contributed by atoms with Gasteiger partial charge in [-0.2, -0.15) is 0 Å². The predicted molar refractivity (Wildman–Crippen MR) is 68.9 cm³/mol. The van der Waals surface area contributed by atoms with Gasteiger partial charge in [-0.1, -0.05) is 19.8 Å². The Bertz CT molecular complexity index is 522. The molecule has 1 atom stereocenters. The minimum Gasteiger partial charge on any atom is -0.468 e. The van der Waals surface area contributed by atoms with Gasteiger partial charge >= 0.3 is 5.97 Å². The maximum atomic E-state index is 12.8. The number of benzene rings is 1. The average molecular weight is 288 g/mol. The first-order valence-electron chi connectivity index (χ1n) is 6.00. The van der Waals surface area contributed by atoms with Crippen LogP contribution in [0.25, 0.3) is 0 Å². The van der Waals surface area contributed by atoms with E-state index in [1.807, 2.05) is 6.92 Å². The van der Waals surface area contributed by atoms with Gasteiger partial charge < -0.3 is 4.74 Å². The summed E-state index contributed by atoms with van der Waals surface area (Å²) in [6.07, 6.45) is 1.56. The number of carbonyl (C=O) groups excluding carboxylic acids is 1. The Labute approximate surface area is 112 Å². The van der Waals surface area contributed by atoms with E-state index in [1.165, 1.54) is 0 Å². The molecule has 0 bridgehead atoms. The molecule has 1 aromatic carbocycles. The van der Waals surface area contributed by atoms with Crippen LogP contribution in [-0.2, 0) is 19.4 Å². The summed E-state index contributed by atoms with van der Waals surface area (Å²) >= 11 is 0. The number of rotatable bonds is 6. The Morgan fingerprint density at radius 1 is 1.32 bits per heavy atom. The largest absolute Gasteiger partial charge is 0.468 e. The van der Waals surface area contributed by atoms with Gasteiger partial charge in [-0.15, -0.1) is 0 Å². The van der Waals surface area contributed by atoms with Crippen LogP contribution in [0, 0.1) is 5.82 Å². The van der Waals surface area contributed by atoms with Gasteiger partial charge in [-0.05, 0) is 30.7 Å². The molecule has 1 unspecified atom stereocenters. The van der Waals surface area contributed by atoms with E-state index in [4.69, 9.17) is 0 Å². The quantitative estimate of drug-likeness (QED) is 0.595. The Morgan fingerprint density at radius 3 is 2.37 bits per heavy atom. The lowest BCUT2D eigenvalue weighted by Gasteiger charge is -2.15. The molecule has 0 spiro atoms. The minimum atomic E-state index is -3.84. The number of methoxy groups -OCH3 is 1. The molecule has 0 heterocycles. The zero-order valence-corrected chi connectivity index (χ0v) is 11.7. The highest BCUT2D eigenvalue weighted by Crippen LogP contribution is 2.21. The molecule has 0 aliphatic carbocycles. The van der Waals surface area contributed by atoms with Crippen molar-refractivity contribution in [1.29, 1.82) is 0 Å². The Kier molecular flexibility index (Phi) is 5.47. The van der Waals surface area contributed by atoms with E-state index in [0.717, 1.165) is 37.8 Å². The predicted octanol–water partition coefficient (Wildman–Crippen LogP) is 2.33. The lowest BCUT2D eigenvalue weighted by molar-refractivity contribution is -0.140. The first kappa shape index (κ1) is 15.6. The van der Waals surface area contributed by atoms with Gasteiger partial charge in [0.2, 0.25) is 0 Å². The van der Waals surface area contributed by atoms with Gasteiger partial charge in [0, 0.05) is 0 Å². The van der Waals surface area contributed by atoms with Crippen molar-refractivity contribution in [2.24, 2.45) is 0 Å². The van der Waals surface area contributed by atoms with Crippen molar-refractivity contribution < 1.29 is 22.3 Å². The number of carbonyl (C=O) groups is 1. The third-order valence-corrected chi connectivity index (χ3v) is 4.91. The van der Waals surface area contributed by atoms with E-state index < -0.39 is 26.9 Å². The zero-order valence-electron chi connectivity index (χ0n) is 10.9. The topological polar surface area (TPSA) is 60.4 Å². The average Bonchev–Trinajstić information content (AvgIpc) is 2.39. The fraction of sp³-hybridized carbons (Fsp3) is 0.462. The van der Waals surface area contributed by atoms with Crippen LogP contribution < -0.4 is 0 Å². The number of ether oxygens (including phenoxy) is 1. The summed E-state index contributed by atoms with van der Waals surface area (Å²) in [6.45, 7) is 1.90. The maximum Gasteiger partial charge on any atom is 0.324 e. The minimum absolute atomic E-state index is 0.0691. The molecule has 0 fully saturated rings. The molecule has 106 valence electrons. The summed E-state index contributed by atoms with van der Waals surface area (Å²) in [7, 11) is -2.69. The second kappa shape index (κ2) is 6.65. The molecular formula is C13H17FO4S. The Morgan fingerprint density at radius 2 is 1.89 bits per heavy atom. The highest BCUT2D eigenvalue weighted by molar-refractivity contribution is 7.92. The molecular weight excluding hydrogens is 271 g/mol. The number of hydrogen-bond acceptors (Lipinski definition) is 4. The number of esters is 1. The van der Waals surface area contributed by atoms with Crippen LogP contribution in [0.15, 0.2) is 29.2 Å². The van der Waals surface area contributed by atoms with Crippen LogP contribution in [-0.4, -0.2) is 26.7 Å². The van der Waals surface area contributed by atoms with E-state index >= 15 is 0 Å². The number of sulfone groups is 1. The van der Waals surface area contributed by atoms with Crippen molar-refractivity contribution in [1.82, 2.24) is 0 Å². The van der Waals surface area contributed by atoms with Crippen LogP contribution in [0.4, 0.5) is 4.39 Å². The molecule has 0 aromatic heterocycles. The van der Waals surface area contributed by atoms with Crippen LogP contribution in [0.5, 0.6) is 0 Å². The fourth-order valence-corrected chi connectivity index (χ4v) is 3.38. The second-order valence-corrected chi connectivity index (χ2v) is 6.28. The van der Waals surface area contributed by atoms with Crippen molar-refractivity contribution >= 4 is 15.8 Å². The molecule has 0 aliphatic rings. The molecule has 0 aliphatic heterocycles.